The fourth-order valence-electron chi connectivity index (χ4n) is 2.22. The first-order valence-electron chi connectivity index (χ1n) is 5.82. The van der Waals surface area contributed by atoms with Crippen LogP contribution in [0, 0.1) is 5.41 Å². The monoisotopic (exact) mass is 227 g/mol. The summed E-state index contributed by atoms with van der Waals surface area (Å²) in [5, 5.41) is 9.09. The summed E-state index contributed by atoms with van der Waals surface area (Å²) in [7, 11) is 0. The first-order valence-corrected chi connectivity index (χ1v) is 5.82. The summed E-state index contributed by atoms with van der Waals surface area (Å²) in [5.41, 5.74) is -0.787. The molecule has 1 atom stereocenters. The molecule has 92 valence electrons. The SMILES string of the molecule is CC(=O)C1CCCCN1CC(C)(C)C(=O)O. The lowest BCUT2D eigenvalue weighted by Gasteiger charge is -2.37. The smallest absolute Gasteiger partial charge is 0.310 e. The maximum Gasteiger partial charge on any atom is 0.310 e. The summed E-state index contributed by atoms with van der Waals surface area (Å²) in [6.45, 7) is 6.30. The number of piperidine rings is 1. The van der Waals surface area contributed by atoms with Gasteiger partial charge in [0.15, 0.2) is 0 Å². The Balaban J connectivity index is 2.70. The number of likely N-dealkylation sites (tertiary alicyclic amines) is 1. The molecular formula is C12H21NO3. The Labute approximate surface area is 96.6 Å². The van der Waals surface area contributed by atoms with Crippen molar-refractivity contribution >= 4 is 11.8 Å². The third-order valence-corrected chi connectivity index (χ3v) is 3.26. The van der Waals surface area contributed by atoms with Gasteiger partial charge in [0.05, 0.1) is 11.5 Å². The molecule has 0 aromatic heterocycles. The van der Waals surface area contributed by atoms with Gasteiger partial charge < -0.3 is 5.11 Å². The van der Waals surface area contributed by atoms with Crippen molar-refractivity contribution in [2.75, 3.05) is 13.1 Å². The Kier molecular flexibility index (Phi) is 4.08. The molecule has 1 fully saturated rings. The highest BCUT2D eigenvalue weighted by Gasteiger charge is 2.34. The minimum atomic E-state index is -0.805. The summed E-state index contributed by atoms with van der Waals surface area (Å²) in [6.07, 6.45) is 2.98. The Bertz CT molecular complexity index is 286. The molecule has 1 heterocycles. The minimum Gasteiger partial charge on any atom is -0.481 e. The molecule has 1 aliphatic rings. The molecule has 1 saturated heterocycles. The quantitative estimate of drug-likeness (QED) is 0.791. The van der Waals surface area contributed by atoms with Gasteiger partial charge in [0, 0.05) is 6.54 Å². The van der Waals surface area contributed by atoms with E-state index in [1.165, 1.54) is 0 Å². The largest absolute Gasteiger partial charge is 0.481 e. The Morgan fingerprint density at radius 3 is 2.50 bits per heavy atom. The summed E-state index contributed by atoms with van der Waals surface area (Å²) in [6, 6.07) is -0.0765. The van der Waals surface area contributed by atoms with Crippen LogP contribution in [0.5, 0.6) is 0 Å². The van der Waals surface area contributed by atoms with E-state index in [-0.39, 0.29) is 11.8 Å². The Hall–Kier alpha value is -0.900. The molecule has 4 heteroatoms. The normalized spacial score (nSPS) is 23.1. The van der Waals surface area contributed by atoms with Crippen LogP contribution in [0.25, 0.3) is 0 Å². The van der Waals surface area contributed by atoms with E-state index >= 15 is 0 Å². The van der Waals surface area contributed by atoms with Gasteiger partial charge in [-0.3, -0.25) is 14.5 Å². The van der Waals surface area contributed by atoms with Crippen LogP contribution in [0.2, 0.25) is 0 Å². The van der Waals surface area contributed by atoms with Gasteiger partial charge in [0.2, 0.25) is 0 Å². The van der Waals surface area contributed by atoms with Gasteiger partial charge in [0.25, 0.3) is 0 Å². The second-order valence-electron chi connectivity index (χ2n) is 5.28. The van der Waals surface area contributed by atoms with Crippen molar-refractivity contribution in [3.8, 4) is 0 Å². The van der Waals surface area contributed by atoms with Gasteiger partial charge in [-0.1, -0.05) is 6.42 Å². The van der Waals surface area contributed by atoms with Gasteiger partial charge in [-0.15, -0.1) is 0 Å². The third kappa shape index (κ3) is 3.04. The standard InChI is InChI=1S/C12H21NO3/c1-9(14)10-6-4-5-7-13(10)8-12(2,3)11(15)16/h10H,4-8H2,1-3H3,(H,15,16). The number of ketones is 1. The molecule has 0 spiro atoms. The molecular weight excluding hydrogens is 206 g/mol. The van der Waals surface area contributed by atoms with E-state index < -0.39 is 11.4 Å². The van der Waals surface area contributed by atoms with E-state index in [0.29, 0.717) is 6.54 Å². The molecule has 0 aromatic carbocycles. The van der Waals surface area contributed by atoms with Crippen molar-refractivity contribution in [1.82, 2.24) is 4.90 Å². The number of carboxylic acid groups (broad SMARTS) is 1. The van der Waals surface area contributed by atoms with Gasteiger partial charge in [-0.05, 0) is 40.2 Å². The number of aliphatic carboxylic acids is 1. The fourth-order valence-corrected chi connectivity index (χ4v) is 2.22. The number of Topliss-reactive ketones (excluding diaryl/α,β-unsaturated/α-hetero) is 1. The first-order chi connectivity index (χ1) is 7.34. The maximum absolute atomic E-state index is 11.5. The van der Waals surface area contributed by atoms with Gasteiger partial charge in [-0.2, -0.15) is 0 Å². The number of rotatable bonds is 4. The van der Waals surface area contributed by atoms with Crippen molar-refractivity contribution in [2.24, 2.45) is 5.41 Å². The molecule has 1 N–H and O–H groups in total. The molecule has 0 saturated carbocycles. The highest BCUT2D eigenvalue weighted by molar-refractivity contribution is 5.81. The van der Waals surface area contributed by atoms with Crippen LogP contribution in [-0.4, -0.2) is 40.9 Å². The predicted octanol–water partition coefficient (Wildman–Crippen LogP) is 1.54. The molecule has 1 aliphatic heterocycles. The van der Waals surface area contributed by atoms with Crippen molar-refractivity contribution < 1.29 is 14.7 Å². The molecule has 0 bridgehead atoms. The van der Waals surface area contributed by atoms with Crippen LogP contribution in [0.1, 0.15) is 40.0 Å². The molecule has 16 heavy (non-hydrogen) atoms. The third-order valence-electron chi connectivity index (χ3n) is 3.26. The Morgan fingerprint density at radius 1 is 1.38 bits per heavy atom. The molecule has 0 aliphatic carbocycles. The first kappa shape index (κ1) is 13.2. The predicted molar refractivity (Wildman–Crippen MR) is 61.3 cm³/mol. The highest BCUT2D eigenvalue weighted by Crippen LogP contribution is 2.24. The van der Waals surface area contributed by atoms with Crippen LogP contribution in [0.4, 0.5) is 0 Å². The number of hydrogen-bond donors (Lipinski definition) is 1. The van der Waals surface area contributed by atoms with Crippen molar-refractivity contribution in [3.63, 3.8) is 0 Å². The average molecular weight is 227 g/mol. The second-order valence-corrected chi connectivity index (χ2v) is 5.28. The minimum absolute atomic E-state index is 0.0765. The summed E-state index contributed by atoms with van der Waals surface area (Å²) in [5.74, 6) is -0.652. The van der Waals surface area contributed by atoms with E-state index in [4.69, 9.17) is 5.11 Å². The van der Waals surface area contributed by atoms with Crippen LogP contribution in [-0.2, 0) is 9.59 Å². The molecule has 0 amide bonds. The zero-order valence-electron chi connectivity index (χ0n) is 10.3. The van der Waals surface area contributed by atoms with Gasteiger partial charge in [0.1, 0.15) is 5.78 Å². The lowest BCUT2D eigenvalue weighted by molar-refractivity contribution is -0.149. The zero-order chi connectivity index (χ0) is 12.3. The molecule has 0 aromatic rings. The zero-order valence-corrected chi connectivity index (χ0v) is 10.3. The van der Waals surface area contributed by atoms with E-state index in [1.807, 2.05) is 4.90 Å². The van der Waals surface area contributed by atoms with Crippen molar-refractivity contribution in [1.29, 1.82) is 0 Å². The van der Waals surface area contributed by atoms with Crippen LogP contribution >= 0.6 is 0 Å². The van der Waals surface area contributed by atoms with E-state index in [9.17, 15) is 9.59 Å². The van der Waals surface area contributed by atoms with Crippen molar-refractivity contribution in [3.05, 3.63) is 0 Å². The average Bonchev–Trinajstić information content (AvgIpc) is 2.17. The number of hydrogen-bond acceptors (Lipinski definition) is 3. The van der Waals surface area contributed by atoms with E-state index in [1.54, 1.807) is 20.8 Å². The fraction of sp³-hybridized carbons (Fsp3) is 0.833. The molecule has 4 nitrogen and oxygen atoms in total. The van der Waals surface area contributed by atoms with Crippen LogP contribution in [0.15, 0.2) is 0 Å². The summed E-state index contributed by atoms with van der Waals surface area (Å²) in [4.78, 5) is 24.6. The summed E-state index contributed by atoms with van der Waals surface area (Å²) < 4.78 is 0. The number of nitrogens with zero attached hydrogens (tertiary/aromatic N) is 1. The maximum atomic E-state index is 11.5. The highest BCUT2D eigenvalue weighted by atomic mass is 16.4. The number of carboxylic acids is 1. The topological polar surface area (TPSA) is 57.6 Å². The lowest BCUT2D eigenvalue weighted by atomic mass is 9.89. The molecule has 0 radical (unpaired) electrons. The van der Waals surface area contributed by atoms with E-state index in [0.717, 1.165) is 25.8 Å². The molecule has 1 rings (SSSR count). The second kappa shape index (κ2) is 4.95. The number of carbonyl (C=O) groups is 2. The molecule has 1 unspecified atom stereocenters. The van der Waals surface area contributed by atoms with E-state index in [2.05, 4.69) is 0 Å². The number of carbonyl (C=O) groups excluding carboxylic acids is 1. The Morgan fingerprint density at radius 2 is 2.00 bits per heavy atom. The van der Waals surface area contributed by atoms with Gasteiger partial charge in [-0.25, -0.2) is 0 Å². The van der Waals surface area contributed by atoms with Gasteiger partial charge >= 0.3 is 5.97 Å². The lowest BCUT2D eigenvalue weighted by Crippen LogP contribution is -2.49. The van der Waals surface area contributed by atoms with Crippen LogP contribution in [0.3, 0.4) is 0 Å². The van der Waals surface area contributed by atoms with Crippen molar-refractivity contribution in [2.45, 2.75) is 46.1 Å². The summed E-state index contributed by atoms with van der Waals surface area (Å²) >= 11 is 0. The van der Waals surface area contributed by atoms with Crippen LogP contribution < -0.4 is 0 Å².